The molecule has 0 aliphatic carbocycles. The topological polar surface area (TPSA) is 36.2 Å². The number of rotatable bonds is 2. The molecule has 0 aromatic heterocycles. The minimum atomic E-state index is 0.474. The van der Waals surface area contributed by atoms with Crippen LogP contribution in [0.2, 0.25) is 0 Å². The maximum atomic E-state index is 6.84. The molecule has 2 nitrogen and oxygen atoms in total. The Kier molecular flexibility index (Phi) is 2.04. The van der Waals surface area contributed by atoms with Crippen molar-refractivity contribution in [2.24, 2.45) is 5.11 Å². The van der Waals surface area contributed by atoms with E-state index in [1.165, 1.54) is 10.8 Å². The predicted octanol–water partition coefficient (Wildman–Crippen LogP) is 3.37. The number of nitrogens with one attached hydrogen (secondary N) is 1. The zero-order valence-corrected chi connectivity index (χ0v) is 7.20. The van der Waals surface area contributed by atoms with Crippen LogP contribution < -0.4 is 0 Å². The third-order valence-corrected chi connectivity index (χ3v) is 2.13. The Morgan fingerprint density at radius 1 is 1.00 bits per heavy atom. The number of hydrogen-bond acceptors (Lipinski definition) is 2. The van der Waals surface area contributed by atoms with Crippen LogP contribution in [0.15, 0.2) is 47.6 Å². The standard InChI is InChI=1S/C11H10N2/c12-13-8-10-6-3-5-9-4-1-2-7-11(9)10/h1-7,12H,8H2. The average molecular weight is 170 g/mol. The van der Waals surface area contributed by atoms with E-state index in [-0.39, 0.29) is 0 Å². The average Bonchev–Trinajstić information content (AvgIpc) is 2.19. The van der Waals surface area contributed by atoms with Crippen LogP contribution in [-0.2, 0) is 6.54 Å². The zero-order valence-electron chi connectivity index (χ0n) is 7.20. The fourth-order valence-electron chi connectivity index (χ4n) is 1.52. The molecule has 0 unspecified atom stereocenters. The molecule has 0 saturated carbocycles. The first-order valence-corrected chi connectivity index (χ1v) is 4.21. The van der Waals surface area contributed by atoms with Gasteiger partial charge in [-0.05, 0) is 16.3 Å². The molecule has 2 heteroatoms. The van der Waals surface area contributed by atoms with Gasteiger partial charge in [0.25, 0.3) is 0 Å². The lowest BCUT2D eigenvalue weighted by molar-refractivity contribution is 0.914. The molecule has 0 spiro atoms. The van der Waals surface area contributed by atoms with E-state index in [9.17, 15) is 0 Å². The van der Waals surface area contributed by atoms with Crippen LogP contribution in [0.5, 0.6) is 0 Å². The van der Waals surface area contributed by atoms with Gasteiger partial charge in [0.1, 0.15) is 0 Å². The van der Waals surface area contributed by atoms with Gasteiger partial charge in [0, 0.05) is 0 Å². The third-order valence-electron chi connectivity index (χ3n) is 2.13. The van der Waals surface area contributed by atoms with Crippen molar-refractivity contribution in [3.8, 4) is 0 Å². The summed E-state index contributed by atoms with van der Waals surface area (Å²) in [5.74, 6) is 0. The number of benzene rings is 2. The lowest BCUT2D eigenvalue weighted by atomic mass is 10.1. The summed E-state index contributed by atoms with van der Waals surface area (Å²) >= 11 is 0. The van der Waals surface area contributed by atoms with Crippen molar-refractivity contribution in [2.75, 3.05) is 0 Å². The summed E-state index contributed by atoms with van der Waals surface area (Å²) in [6.07, 6.45) is 0. The smallest absolute Gasteiger partial charge is 0.0852 e. The first kappa shape index (κ1) is 7.92. The van der Waals surface area contributed by atoms with Gasteiger partial charge < -0.3 is 0 Å². The van der Waals surface area contributed by atoms with Crippen LogP contribution in [0.3, 0.4) is 0 Å². The van der Waals surface area contributed by atoms with Gasteiger partial charge in [-0.25, -0.2) is 5.53 Å². The molecule has 0 amide bonds. The van der Waals surface area contributed by atoms with E-state index in [4.69, 9.17) is 5.53 Å². The van der Waals surface area contributed by atoms with Crippen molar-refractivity contribution >= 4 is 10.8 Å². The Morgan fingerprint density at radius 3 is 2.62 bits per heavy atom. The van der Waals surface area contributed by atoms with E-state index in [0.717, 1.165) is 5.56 Å². The molecule has 2 aromatic carbocycles. The fourth-order valence-corrected chi connectivity index (χ4v) is 1.52. The molecule has 0 aliphatic heterocycles. The highest BCUT2D eigenvalue weighted by Gasteiger charge is 1.97. The van der Waals surface area contributed by atoms with Crippen molar-refractivity contribution in [3.05, 3.63) is 48.0 Å². The van der Waals surface area contributed by atoms with E-state index >= 15 is 0 Å². The minimum absolute atomic E-state index is 0.474. The van der Waals surface area contributed by atoms with Crippen molar-refractivity contribution in [2.45, 2.75) is 6.54 Å². The molecule has 0 bridgehead atoms. The second-order valence-electron chi connectivity index (χ2n) is 2.95. The van der Waals surface area contributed by atoms with E-state index in [0.29, 0.717) is 6.54 Å². The van der Waals surface area contributed by atoms with Crippen LogP contribution in [-0.4, -0.2) is 0 Å². The minimum Gasteiger partial charge on any atom is -0.210 e. The summed E-state index contributed by atoms with van der Waals surface area (Å²) in [5.41, 5.74) is 7.96. The summed E-state index contributed by atoms with van der Waals surface area (Å²) in [5, 5.41) is 5.81. The van der Waals surface area contributed by atoms with E-state index in [1.54, 1.807) is 0 Å². The van der Waals surface area contributed by atoms with Crippen LogP contribution in [0.1, 0.15) is 5.56 Å². The Bertz CT molecular complexity index is 430. The van der Waals surface area contributed by atoms with Crippen molar-refractivity contribution in [1.29, 1.82) is 5.53 Å². The first-order valence-electron chi connectivity index (χ1n) is 4.21. The number of nitrogens with zero attached hydrogens (tertiary/aromatic N) is 1. The van der Waals surface area contributed by atoms with Gasteiger partial charge in [-0.15, -0.1) is 0 Å². The van der Waals surface area contributed by atoms with Gasteiger partial charge in [-0.2, -0.15) is 5.11 Å². The number of fused-ring (bicyclic) bond motifs is 1. The monoisotopic (exact) mass is 170 g/mol. The Morgan fingerprint density at radius 2 is 1.77 bits per heavy atom. The first-order chi connectivity index (χ1) is 6.42. The van der Waals surface area contributed by atoms with Crippen LogP contribution in [0, 0.1) is 5.53 Å². The second kappa shape index (κ2) is 3.35. The van der Waals surface area contributed by atoms with Gasteiger partial charge in [-0.3, -0.25) is 0 Å². The van der Waals surface area contributed by atoms with Gasteiger partial charge >= 0.3 is 0 Å². The molecular formula is C11H10N2. The maximum absolute atomic E-state index is 6.84. The highest BCUT2D eigenvalue weighted by atomic mass is 14.9. The van der Waals surface area contributed by atoms with Crippen LogP contribution in [0.25, 0.3) is 10.8 Å². The highest BCUT2D eigenvalue weighted by molar-refractivity contribution is 5.85. The summed E-state index contributed by atoms with van der Waals surface area (Å²) in [4.78, 5) is 0. The fraction of sp³-hybridized carbons (Fsp3) is 0.0909. The predicted molar refractivity (Wildman–Crippen MR) is 52.8 cm³/mol. The SMILES string of the molecule is N=NCc1cccc2ccccc12. The molecule has 2 rings (SSSR count). The summed E-state index contributed by atoms with van der Waals surface area (Å²) in [6.45, 7) is 0.474. The van der Waals surface area contributed by atoms with Crippen LogP contribution >= 0.6 is 0 Å². The molecule has 64 valence electrons. The molecule has 2 aromatic rings. The van der Waals surface area contributed by atoms with Crippen molar-refractivity contribution < 1.29 is 0 Å². The quantitative estimate of drug-likeness (QED) is 0.671. The molecule has 13 heavy (non-hydrogen) atoms. The molecule has 0 heterocycles. The van der Waals surface area contributed by atoms with E-state index in [1.807, 2.05) is 24.3 Å². The maximum Gasteiger partial charge on any atom is 0.0852 e. The molecule has 0 aliphatic rings. The second-order valence-corrected chi connectivity index (χ2v) is 2.95. The Hall–Kier alpha value is -1.70. The Labute approximate surface area is 76.7 Å². The van der Waals surface area contributed by atoms with Crippen molar-refractivity contribution in [3.63, 3.8) is 0 Å². The van der Waals surface area contributed by atoms with Gasteiger partial charge in [0.2, 0.25) is 0 Å². The molecule has 0 atom stereocenters. The normalized spacial score (nSPS) is 10.2. The molecule has 0 fully saturated rings. The van der Waals surface area contributed by atoms with Crippen molar-refractivity contribution in [1.82, 2.24) is 0 Å². The summed E-state index contributed by atoms with van der Waals surface area (Å²) < 4.78 is 0. The lowest BCUT2D eigenvalue weighted by Gasteiger charge is -2.01. The highest BCUT2D eigenvalue weighted by Crippen LogP contribution is 2.18. The van der Waals surface area contributed by atoms with Gasteiger partial charge in [-0.1, -0.05) is 42.5 Å². The summed E-state index contributed by atoms with van der Waals surface area (Å²) in [6, 6.07) is 14.3. The van der Waals surface area contributed by atoms with Gasteiger partial charge in [0.15, 0.2) is 0 Å². The van der Waals surface area contributed by atoms with Gasteiger partial charge in [0.05, 0.1) is 6.54 Å². The van der Waals surface area contributed by atoms with E-state index < -0.39 is 0 Å². The molecular weight excluding hydrogens is 160 g/mol. The third kappa shape index (κ3) is 1.43. The van der Waals surface area contributed by atoms with E-state index in [2.05, 4.69) is 23.3 Å². The Balaban J connectivity index is 2.68. The molecule has 0 saturated heterocycles. The largest absolute Gasteiger partial charge is 0.210 e. The summed E-state index contributed by atoms with van der Waals surface area (Å²) in [7, 11) is 0. The lowest BCUT2D eigenvalue weighted by Crippen LogP contribution is -1.82. The van der Waals surface area contributed by atoms with Crippen LogP contribution in [0.4, 0.5) is 0 Å². The molecule has 0 radical (unpaired) electrons. The molecule has 1 N–H and O–H groups in total. The zero-order chi connectivity index (χ0) is 9.10. The number of hydrogen-bond donors (Lipinski definition) is 1.